The number of rotatable bonds is 3. The van der Waals surface area contributed by atoms with Gasteiger partial charge in [0.05, 0.1) is 12.8 Å². The van der Waals surface area contributed by atoms with Crippen LogP contribution >= 0.6 is 23.2 Å². The fraction of sp³-hybridized carbons (Fsp3) is 0.120. The monoisotopic (exact) mass is 494 g/mol. The van der Waals surface area contributed by atoms with Crippen LogP contribution in [0.1, 0.15) is 28.8 Å². The van der Waals surface area contributed by atoms with Gasteiger partial charge in [-0.15, -0.1) is 0 Å². The number of benzene rings is 3. The molecule has 0 aliphatic carbocycles. The van der Waals surface area contributed by atoms with Crippen molar-refractivity contribution in [2.75, 3.05) is 12.4 Å². The number of nitrogens with one attached hydrogen (secondary N) is 1. The van der Waals surface area contributed by atoms with E-state index in [4.69, 9.17) is 32.7 Å². The number of fused-ring (bicyclic) bond motifs is 3. The van der Waals surface area contributed by atoms with Crippen LogP contribution in [-0.2, 0) is 0 Å². The maximum atomic E-state index is 14.3. The van der Waals surface area contributed by atoms with E-state index in [9.17, 15) is 4.39 Å². The van der Waals surface area contributed by atoms with Crippen molar-refractivity contribution in [2.24, 2.45) is 0 Å². The summed E-state index contributed by atoms with van der Waals surface area (Å²) < 4.78 is 27.9. The molecular formula is C25H17Cl2FN4O2. The fourth-order valence-electron chi connectivity index (χ4n) is 4.52. The van der Waals surface area contributed by atoms with Crippen LogP contribution in [-0.4, -0.2) is 21.9 Å². The van der Waals surface area contributed by atoms with Crippen LogP contribution in [0.25, 0.3) is 5.70 Å². The van der Waals surface area contributed by atoms with Crippen LogP contribution in [0.4, 0.5) is 10.3 Å². The number of nitrogens with zero attached hydrogens (tertiary/aromatic N) is 3. The van der Waals surface area contributed by atoms with Crippen molar-refractivity contribution in [3.05, 3.63) is 105 Å². The Hall–Kier alpha value is -3.55. The Kier molecular flexibility index (Phi) is 4.97. The molecule has 3 heterocycles. The summed E-state index contributed by atoms with van der Waals surface area (Å²) >= 11 is 12.9. The zero-order chi connectivity index (χ0) is 23.4. The predicted octanol–water partition coefficient (Wildman–Crippen LogP) is 6.29. The van der Waals surface area contributed by atoms with Crippen LogP contribution < -0.4 is 14.8 Å². The SMILES string of the molecule is COc1ccc(C2Oc3ccc(F)cc3C3=C2C(c2ccc(Cl)cc2Cl)n2ncnc2N3)cc1. The van der Waals surface area contributed by atoms with Crippen molar-refractivity contribution >= 4 is 34.8 Å². The second-order valence-electron chi connectivity index (χ2n) is 7.96. The van der Waals surface area contributed by atoms with Crippen molar-refractivity contribution in [3.8, 4) is 11.5 Å². The van der Waals surface area contributed by atoms with Crippen molar-refractivity contribution in [1.82, 2.24) is 14.8 Å². The summed E-state index contributed by atoms with van der Waals surface area (Å²) in [5.41, 5.74) is 3.80. The molecule has 6 rings (SSSR count). The fourth-order valence-corrected chi connectivity index (χ4v) is 5.03. The number of methoxy groups -OCH3 is 1. The van der Waals surface area contributed by atoms with Crippen LogP contribution in [0.5, 0.6) is 11.5 Å². The van der Waals surface area contributed by atoms with E-state index in [-0.39, 0.29) is 5.82 Å². The third kappa shape index (κ3) is 3.31. The standard InChI is InChI=1S/C25H17Cl2FN4O2/c1-33-16-6-2-13(3-7-16)24-21-22(18-11-15(28)5-9-20(18)34-24)31-25-29-12-30-32(25)23(21)17-8-4-14(26)10-19(17)27/h2-12,23-24H,1H3,(H,29,30,31). The van der Waals surface area contributed by atoms with E-state index in [1.54, 1.807) is 30.0 Å². The Morgan fingerprint density at radius 2 is 1.88 bits per heavy atom. The maximum absolute atomic E-state index is 14.3. The van der Waals surface area contributed by atoms with Gasteiger partial charge in [0, 0.05) is 21.2 Å². The zero-order valence-corrected chi connectivity index (χ0v) is 19.3. The van der Waals surface area contributed by atoms with Gasteiger partial charge in [-0.1, -0.05) is 41.4 Å². The molecule has 6 nitrogen and oxygen atoms in total. The molecule has 1 aromatic heterocycles. The lowest BCUT2D eigenvalue weighted by molar-refractivity contribution is 0.222. The summed E-state index contributed by atoms with van der Waals surface area (Å²) in [6.07, 6.45) is 0.952. The van der Waals surface area contributed by atoms with Gasteiger partial charge in [-0.2, -0.15) is 10.1 Å². The van der Waals surface area contributed by atoms with Gasteiger partial charge in [0.25, 0.3) is 0 Å². The van der Waals surface area contributed by atoms with E-state index < -0.39 is 12.1 Å². The summed E-state index contributed by atoms with van der Waals surface area (Å²) in [5.74, 6) is 1.43. The van der Waals surface area contributed by atoms with Crippen molar-refractivity contribution in [3.63, 3.8) is 0 Å². The largest absolute Gasteiger partial charge is 0.497 e. The summed E-state index contributed by atoms with van der Waals surface area (Å²) in [4.78, 5) is 4.37. The Labute approximate surface area is 204 Å². The lowest BCUT2D eigenvalue weighted by Crippen LogP contribution is -2.32. The van der Waals surface area contributed by atoms with Gasteiger partial charge in [-0.25, -0.2) is 9.07 Å². The van der Waals surface area contributed by atoms with E-state index in [0.29, 0.717) is 33.0 Å². The van der Waals surface area contributed by atoms with Crippen molar-refractivity contribution in [2.45, 2.75) is 12.1 Å². The lowest BCUT2D eigenvalue weighted by atomic mass is 9.84. The second-order valence-corrected chi connectivity index (χ2v) is 8.81. The molecular weight excluding hydrogens is 478 g/mol. The molecule has 0 bridgehead atoms. The van der Waals surface area contributed by atoms with Gasteiger partial charge in [0.2, 0.25) is 5.95 Å². The van der Waals surface area contributed by atoms with Crippen LogP contribution in [0, 0.1) is 5.82 Å². The molecule has 2 aliphatic heterocycles. The summed E-state index contributed by atoms with van der Waals surface area (Å²) in [6, 6.07) is 17.0. The summed E-state index contributed by atoms with van der Waals surface area (Å²) in [5, 5.41) is 8.81. The number of halogens is 3. The predicted molar refractivity (Wildman–Crippen MR) is 128 cm³/mol. The van der Waals surface area contributed by atoms with E-state index >= 15 is 0 Å². The number of hydrogen-bond acceptors (Lipinski definition) is 5. The van der Waals surface area contributed by atoms with Crippen LogP contribution in [0.2, 0.25) is 10.0 Å². The topological polar surface area (TPSA) is 61.2 Å². The molecule has 0 radical (unpaired) electrons. The third-order valence-electron chi connectivity index (χ3n) is 6.05. The minimum atomic E-state index is -0.513. The average Bonchev–Trinajstić information content (AvgIpc) is 3.31. The lowest BCUT2D eigenvalue weighted by Gasteiger charge is -2.39. The molecule has 3 aromatic carbocycles. The molecule has 0 amide bonds. The van der Waals surface area contributed by atoms with E-state index in [1.807, 2.05) is 30.3 Å². The Bertz CT molecular complexity index is 1450. The van der Waals surface area contributed by atoms with Gasteiger partial charge in [0.1, 0.15) is 35.8 Å². The average molecular weight is 495 g/mol. The minimum Gasteiger partial charge on any atom is -0.497 e. The highest BCUT2D eigenvalue weighted by atomic mass is 35.5. The normalized spacial score (nSPS) is 18.4. The Morgan fingerprint density at radius 1 is 1.06 bits per heavy atom. The molecule has 0 saturated carbocycles. The molecule has 170 valence electrons. The minimum absolute atomic E-state index is 0.369. The molecule has 1 N–H and O–H groups in total. The molecule has 2 unspecified atom stereocenters. The quantitative estimate of drug-likeness (QED) is 0.362. The first-order valence-corrected chi connectivity index (χ1v) is 11.2. The summed E-state index contributed by atoms with van der Waals surface area (Å²) in [6.45, 7) is 0. The molecule has 0 saturated heterocycles. The van der Waals surface area contributed by atoms with Crippen molar-refractivity contribution < 1.29 is 13.9 Å². The maximum Gasteiger partial charge on any atom is 0.226 e. The first kappa shape index (κ1) is 21.0. The molecule has 34 heavy (non-hydrogen) atoms. The first-order valence-electron chi connectivity index (χ1n) is 10.5. The highest BCUT2D eigenvalue weighted by Crippen LogP contribution is 2.51. The van der Waals surface area contributed by atoms with E-state index in [2.05, 4.69) is 15.4 Å². The zero-order valence-electron chi connectivity index (χ0n) is 17.8. The highest BCUT2D eigenvalue weighted by Gasteiger charge is 2.41. The van der Waals surface area contributed by atoms with Crippen LogP contribution in [0.15, 0.2) is 72.6 Å². The third-order valence-corrected chi connectivity index (χ3v) is 6.61. The van der Waals surface area contributed by atoms with Crippen molar-refractivity contribution in [1.29, 1.82) is 0 Å². The summed E-state index contributed by atoms with van der Waals surface area (Å²) in [7, 11) is 1.62. The smallest absolute Gasteiger partial charge is 0.226 e. The Balaban J connectivity index is 1.63. The van der Waals surface area contributed by atoms with E-state index in [1.165, 1.54) is 18.5 Å². The molecule has 0 spiro atoms. The molecule has 9 heteroatoms. The number of aromatic nitrogens is 3. The molecule has 4 aromatic rings. The number of anilines is 1. The van der Waals surface area contributed by atoms with Gasteiger partial charge in [-0.05, 0) is 53.6 Å². The molecule has 2 atom stereocenters. The molecule has 2 aliphatic rings. The van der Waals surface area contributed by atoms with Gasteiger partial charge in [0.15, 0.2) is 0 Å². The highest BCUT2D eigenvalue weighted by molar-refractivity contribution is 6.35. The van der Waals surface area contributed by atoms with Crippen LogP contribution in [0.3, 0.4) is 0 Å². The number of ether oxygens (including phenoxy) is 2. The van der Waals surface area contributed by atoms with Gasteiger partial charge in [-0.3, -0.25) is 0 Å². The second kappa shape index (κ2) is 8.04. The molecule has 0 fully saturated rings. The number of hydrogen-bond donors (Lipinski definition) is 1. The first-order chi connectivity index (χ1) is 16.5. The van der Waals surface area contributed by atoms with Gasteiger partial charge < -0.3 is 14.8 Å². The Morgan fingerprint density at radius 3 is 2.65 bits per heavy atom. The van der Waals surface area contributed by atoms with Gasteiger partial charge >= 0.3 is 0 Å². The van der Waals surface area contributed by atoms with E-state index in [0.717, 1.165) is 22.4 Å².